The molecule has 0 saturated heterocycles. The number of rotatable bonds is 8. The highest BCUT2D eigenvalue weighted by atomic mass is 35.5. The summed E-state index contributed by atoms with van der Waals surface area (Å²) in [5.74, 6) is 1.84. The summed E-state index contributed by atoms with van der Waals surface area (Å²) in [4.78, 5) is 2.25. The van der Waals surface area contributed by atoms with Crippen LogP contribution in [0, 0.1) is 5.92 Å². The van der Waals surface area contributed by atoms with Gasteiger partial charge in [-0.15, -0.1) is 0 Å². The third-order valence-corrected chi connectivity index (χ3v) is 3.89. The molecule has 1 aromatic carbocycles. The van der Waals surface area contributed by atoms with Crippen LogP contribution in [0.5, 0.6) is 11.5 Å². The molecule has 0 aliphatic carbocycles. The van der Waals surface area contributed by atoms with Gasteiger partial charge >= 0.3 is 0 Å². The molecular weight excluding hydrogens is 288 g/mol. The number of halogens is 1. The summed E-state index contributed by atoms with van der Waals surface area (Å²) in [6, 6.07) is 4.37. The predicted octanol–water partition coefficient (Wildman–Crippen LogP) is 3.03. The largest absolute Gasteiger partial charge is 0.493 e. The van der Waals surface area contributed by atoms with Crippen LogP contribution in [0.4, 0.5) is 0 Å². The molecule has 1 aromatic rings. The van der Waals surface area contributed by atoms with E-state index in [2.05, 4.69) is 38.2 Å². The highest BCUT2D eigenvalue weighted by molar-refractivity contribution is 6.32. The van der Waals surface area contributed by atoms with E-state index in [1.54, 1.807) is 14.2 Å². The van der Waals surface area contributed by atoms with Gasteiger partial charge in [0.15, 0.2) is 11.5 Å². The predicted molar refractivity (Wildman–Crippen MR) is 88.6 cm³/mol. The molecule has 1 N–H and O–H groups in total. The van der Waals surface area contributed by atoms with E-state index < -0.39 is 0 Å². The number of nitrogens with one attached hydrogen (secondary N) is 1. The fourth-order valence-corrected chi connectivity index (χ4v) is 2.76. The summed E-state index contributed by atoms with van der Waals surface area (Å²) in [6.45, 7) is 6.15. The normalized spacial score (nSPS) is 12.8. The van der Waals surface area contributed by atoms with Crippen molar-refractivity contribution in [1.82, 2.24) is 10.2 Å². The first-order chi connectivity index (χ1) is 9.90. The molecular formula is C16H27ClN2O2. The topological polar surface area (TPSA) is 33.7 Å². The summed E-state index contributed by atoms with van der Waals surface area (Å²) in [5.41, 5.74) is 1.08. The maximum atomic E-state index is 6.21. The van der Waals surface area contributed by atoms with E-state index in [0.717, 1.165) is 18.7 Å². The summed E-state index contributed by atoms with van der Waals surface area (Å²) in [6.07, 6.45) is 0. The Kier molecular flexibility index (Phi) is 7.29. The lowest BCUT2D eigenvalue weighted by atomic mass is 10.0. The molecule has 0 spiro atoms. The molecule has 120 valence electrons. The number of hydrogen-bond donors (Lipinski definition) is 1. The molecule has 1 atom stereocenters. The Morgan fingerprint density at radius 1 is 1.19 bits per heavy atom. The average molecular weight is 315 g/mol. The Labute approximate surface area is 133 Å². The maximum absolute atomic E-state index is 6.21. The smallest absolute Gasteiger partial charge is 0.179 e. The van der Waals surface area contributed by atoms with Crippen LogP contribution in [0.3, 0.4) is 0 Å². The third kappa shape index (κ3) is 5.06. The number of nitrogens with zero attached hydrogens (tertiary/aromatic N) is 1. The van der Waals surface area contributed by atoms with Crippen molar-refractivity contribution in [2.45, 2.75) is 26.4 Å². The Hall–Kier alpha value is -0.970. The van der Waals surface area contributed by atoms with Gasteiger partial charge in [-0.2, -0.15) is 0 Å². The third-order valence-electron chi connectivity index (χ3n) is 3.61. The first kappa shape index (κ1) is 18.1. The van der Waals surface area contributed by atoms with Crippen LogP contribution in [0.25, 0.3) is 0 Å². The van der Waals surface area contributed by atoms with Crippen molar-refractivity contribution in [1.29, 1.82) is 0 Å². The second-order valence-corrected chi connectivity index (χ2v) is 6.13. The van der Waals surface area contributed by atoms with Crippen LogP contribution in [0.1, 0.15) is 19.4 Å². The van der Waals surface area contributed by atoms with Crippen molar-refractivity contribution in [2.75, 3.05) is 34.9 Å². The van der Waals surface area contributed by atoms with Crippen molar-refractivity contribution in [2.24, 2.45) is 5.92 Å². The van der Waals surface area contributed by atoms with Crippen LogP contribution >= 0.6 is 11.6 Å². The average Bonchev–Trinajstić information content (AvgIpc) is 2.41. The summed E-state index contributed by atoms with van der Waals surface area (Å²) in [7, 11) is 7.43. The number of likely N-dealkylation sites (N-methyl/N-ethyl adjacent to an activating group) is 1. The first-order valence-corrected chi connectivity index (χ1v) is 7.56. The molecule has 21 heavy (non-hydrogen) atoms. The second-order valence-electron chi connectivity index (χ2n) is 5.72. The van der Waals surface area contributed by atoms with Crippen molar-refractivity contribution in [3.05, 3.63) is 22.7 Å². The summed E-state index contributed by atoms with van der Waals surface area (Å²) < 4.78 is 10.6. The number of benzene rings is 1. The SMILES string of the molecule is COc1cc(CNCC(C(C)C)N(C)C)cc(Cl)c1OC. The minimum Gasteiger partial charge on any atom is -0.493 e. The van der Waals surface area contributed by atoms with Crippen molar-refractivity contribution in [3.63, 3.8) is 0 Å². The van der Waals surface area contributed by atoms with Gasteiger partial charge in [-0.1, -0.05) is 25.4 Å². The first-order valence-electron chi connectivity index (χ1n) is 7.18. The molecule has 0 amide bonds. The van der Waals surface area contributed by atoms with E-state index in [9.17, 15) is 0 Å². The zero-order valence-corrected chi connectivity index (χ0v) is 14.6. The lowest BCUT2D eigenvalue weighted by Crippen LogP contribution is -2.41. The van der Waals surface area contributed by atoms with Gasteiger partial charge in [0.25, 0.3) is 0 Å². The van der Waals surface area contributed by atoms with Gasteiger partial charge in [0, 0.05) is 19.1 Å². The Morgan fingerprint density at radius 2 is 1.86 bits per heavy atom. The van der Waals surface area contributed by atoms with Crippen LogP contribution in [0.15, 0.2) is 12.1 Å². The Morgan fingerprint density at radius 3 is 2.33 bits per heavy atom. The lowest BCUT2D eigenvalue weighted by Gasteiger charge is -2.28. The molecule has 1 rings (SSSR count). The maximum Gasteiger partial charge on any atom is 0.179 e. The fraction of sp³-hybridized carbons (Fsp3) is 0.625. The summed E-state index contributed by atoms with van der Waals surface area (Å²) >= 11 is 6.21. The zero-order valence-electron chi connectivity index (χ0n) is 13.9. The molecule has 5 heteroatoms. The molecule has 1 unspecified atom stereocenters. The number of methoxy groups -OCH3 is 2. The molecule has 0 heterocycles. The van der Waals surface area contributed by atoms with E-state index >= 15 is 0 Å². The van der Waals surface area contributed by atoms with Gasteiger partial charge in [-0.3, -0.25) is 0 Å². The van der Waals surface area contributed by atoms with Gasteiger partial charge < -0.3 is 19.7 Å². The van der Waals surface area contributed by atoms with Crippen LogP contribution < -0.4 is 14.8 Å². The van der Waals surface area contributed by atoms with Crippen LogP contribution in [-0.2, 0) is 6.54 Å². The monoisotopic (exact) mass is 314 g/mol. The molecule has 0 radical (unpaired) electrons. The molecule has 0 saturated carbocycles. The lowest BCUT2D eigenvalue weighted by molar-refractivity contribution is 0.224. The van der Waals surface area contributed by atoms with E-state index in [0.29, 0.717) is 28.5 Å². The van der Waals surface area contributed by atoms with E-state index in [4.69, 9.17) is 21.1 Å². The van der Waals surface area contributed by atoms with Crippen LogP contribution in [-0.4, -0.2) is 45.8 Å². The molecule has 4 nitrogen and oxygen atoms in total. The molecule has 0 bridgehead atoms. The Balaban J connectivity index is 2.70. The number of ether oxygens (including phenoxy) is 2. The van der Waals surface area contributed by atoms with Gasteiger partial charge in [-0.05, 0) is 37.7 Å². The van der Waals surface area contributed by atoms with Gasteiger partial charge in [0.05, 0.1) is 19.2 Å². The zero-order chi connectivity index (χ0) is 16.0. The van der Waals surface area contributed by atoms with Crippen LogP contribution in [0.2, 0.25) is 5.02 Å². The van der Waals surface area contributed by atoms with E-state index in [1.165, 1.54) is 0 Å². The van der Waals surface area contributed by atoms with Gasteiger partial charge in [-0.25, -0.2) is 0 Å². The number of hydrogen-bond acceptors (Lipinski definition) is 4. The quantitative estimate of drug-likeness (QED) is 0.799. The minimum absolute atomic E-state index is 0.501. The van der Waals surface area contributed by atoms with Gasteiger partial charge in [0.1, 0.15) is 0 Å². The molecule has 0 aromatic heterocycles. The second kappa shape index (κ2) is 8.47. The highest BCUT2D eigenvalue weighted by Crippen LogP contribution is 2.35. The van der Waals surface area contributed by atoms with Crippen molar-refractivity contribution < 1.29 is 9.47 Å². The van der Waals surface area contributed by atoms with Crippen molar-refractivity contribution >= 4 is 11.6 Å². The summed E-state index contributed by atoms with van der Waals surface area (Å²) in [5, 5.41) is 4.05. The standard InChI is InChI=1S/C16H27ClN2O2/c1-11(2)14(19(3)4)10-18-9-12-7-13(17)16(21-6)15(8-12)20-5/h7-8,11,14,18H,9-10H2,1-6H3. The van der Waals surface area contributed by atoms with Gasteiger partial charge in [0.2, 0.25) is 0 Å². The highest BCUT2D eigenvalue weighted by Gasteiger charge is 2.15. The molecule has 0 aliphatic heterocycles. The van der Waals surface area contributed by atoms with Crippen molar-refractivity contribution in [3.8, 4) is 11.5 Å². The minimum atomic E-state index is 0.501. The fourth-order valence-electron chi connectivity index (χ4n) is 2.45. The Bertz CT molecular complexity index is 442. The molecule has 0 fully saturated rings. The van der Waals surface area contributed by atoms with E-state index in [-0.39, 0.29) is 0 Å². The van der Waals surface area contributed by atoms with E-state index in [1.807, 2.05) is 12.1 Å². The molecule has 0 aliphatic rings.